The first-order valence-corrected chi connectivity index (χ1v) is 33.7. The fourth-order valence-corrected chi connectivity index (χ4v) is 13.0. The predicted molar refractivity (Wildman–Crippen MR) is 332 cm³/mol. The van der Waals surface area contributed by atoms with E-state index in [9.17, 15) is 71.5 Å². The highest BCUT2D eigenvalue weighted by Crippen LogP contribution is 2.39. The second-order valence-corrected chi connectivity index (χ2v) is 25.3. The lowest BCUT2D eigenvalue weighted by Gasteiger charge is -2.50. The van der Waals surface area contributed by atoms with Gasteiger partial charge < -0.3 is 215 Å². The smallest absolute Gasteiger partial charge is 0.187 e. The van der Waals surface area contributed by atoms with Crippen LogP contribution in [0, 0.1) is 0 Å². The van der Waals surface area contributed by atoms with Crippen LogP contribution in [0.4, 0.5) is 0 Å². The van der Waals surface area contributed by atoms with Gasteiger partial charge >= 0.3 is 0 Å². The number of nitrogens with one attached hydrogen (secondary N) is 7. The zero-order valence-electron chi connectivity index (χ0n) is 54.6. The van der Waals surface area contributed by atoms with E-state index < -0.39 is 215 Å². The van der Waals surface area contributed by atoms with Gasteiger partial charge in [0.05, 0.1) is 0 Å². The van der Waals surface area contributed by atoms with Crippen molar-refractivity contribution >= 4 is 0 Å². The van der Waals surface area contributed by atoms with Gasteiger partial charge in [-0.2, -0.15) is 0 Å². The molecule has 21 heterocycles. The average molecular weight is 1430 g/mol. The van der Waals surface area contributed by atoms with Gasteiger partial charge in [0.15, 0.2) is 44.0 Å². The minimum absolute atomic E-state index is 0.118. The molecular weight excluding hydrogens is 1320 g/mol. The van der Waals surface area contributed by atoms with E-state index in [1.54, 1.807) is 0 Å². The van der Waals surface area contributed by atoms with Crippen molar-refractivity contribution in [3.05, 3.63) is 0 Å². The Morgan fingerprint density at radius 3 is 0.388 bits per heavy atom. The van der Waals surface area contributed by atoms with Crippen LogP contribution in [-0.2, 0) is 66.3 Å². The van der Waals surface area contributed by atoms with Crippen LogP contribution in [0.25, 0.3) is 0 Å². The number of ether oxygens (including phenoxy) is 14. The molecule has 0 aromatic heterocycles. The molecule has 35 atom stereocenters. The molecule has 21 fully saturated rings. The molecule has 21 rings (SSSR count). The molecule has 35 N–H and O–H groups in total. The largest absolute Gasteiger partial charge is 0.387 e. The van der Waals surface area contributed by atoms with Crippen molar-refractivity contribution in [3.63, 3.8) is 0 Å². The van der Waals surface area contributed by atoms with E-state index in [0.29, 0.717) is 0 Å². The normalized spacial score (nSPS) is 46.1. The third-order valence-electron chi connectivity index (χ3n) is 18.2. The fourth-order valence-electron chi connectivity index (χ4n) is 13.0. The molecule has 14 bridgehead atoms. The van der Waals surface area contributed by atoms with Gasteiger partial charge in [-0.25, -0.2) is 0 Å². The van der Waals surface area contributed by atoms with Gasteiger partial charge in [-0.15, -0.1) is 0 Å². The topological polar surface area (TPSA) is 679 Å². The van der Waals surface area contributed by atoms with Crippen LogP contribution in [0.5, 0.6) is 0 Å². The minimum Gasteiger partial charge on any atom is -0.387 e. The average Bonchev–Trinajstić information content (AvgIpc) is 0.780. The Kier molecular flexibility index (Phi) is 33.6. The maximum Gasteiger partial charge on any atom is 0.187 e. The van der Waals surface area contributed by atoms with E-state index in [4.69, 9.17) is 106 Å². The van der Waals surface area contributed by atoms with Crippen molar-refractivity contribution in [1.82, 2.24) is 37.2 Å². The van der Waals surface area contributed by atoms with Gasteiger partial charge in [0, 0.05) is 137 Å². The molecule has 0 aliphatic carbocycles. The molecular formula is C56H112N14O28. The molecule has 21 saturated heterocycles. The standard InChI is InChI=1S/C56H112N14O28/c57-1-8-64-15-22-43-29(71)36(78)50(85-22)93-44-23(16-65-9-2-58)87-52(38(80)31(44)73)95-46-25(18-67-11-4-60)89-54(40(82)33(46)75)97-48-27(20-69-13-6-62)91-56(42(84)35(48)77)98-49-28(21-70-14-7-63)90-55(41(83)34(49)76)96-47-26(19-68-12-5-61)88-53(39(81)32(47)74)94-45-24(17-66-10-3-59)86-51(92-43)37(79)30(45)72/h22-56,64-84H,1-21,57-63H2. The highest BCUT2D eigenvalue weighted by Gasteiger charge is 2.60. The summed E-state index contributed by atoms with van der Waals surface area (Å²) in [7, 11) is 0. The summed E-state index contributed by atoms with van der Waals surface area (Å²) in [6.07, 6.45) is -62.3. The third-order valence-corrected chi connectivity index (χ3v) is 18.2. The predicted octanol–water partition coefficient (Wildman–Crippen LogP) is -18.3. The minimum atomic E-state index is -2.06. The zero-order valence-corrected chi connectivity index (χ0v) is 54.6. The number of hydrogen-bond acceptors (Lipinski definition) is 42. The van der Waals surface area contributed by atoms with Gasteiger partial charge in [-0.3, -0.25) is 0 Å². The van der Waals surface area contributed by atoms with E-state index in [2.05, 4.69) is 37.2 Å². The SMILES string of the molecule is NCCNCC1OC2OC3C(CNCCN)OC(OC4C(CNCCN)OC(OC5C(CNCCN)OC(OC6C(CNCCN)OC(OC7C(CNCCN)OC(OC8C(CNCCN)OC(OC1C(O)C2O)C(O)C8O)C(O)C7O)C(O)C6O)C(O)C5O)C(O)C4O)C(O)C3O. The maximum atomic E-state index is 12.1. The van der Waals surface area contributed by atoms with Crippen molar-refractivity contribution in [2.75, 3.05) is 137 Å². The summed E-state index contributed by atoms with van der Waals surface area (Å²) in [5, 5.41) is 189. The zero-order chi connectivity index (χ0) is 70.9. The van der Waals surface area contributed by atoms with Crippen molar-refractivity contribution in [3.8, 4) is 0 Å². The first kappa shape index (κ1) is 82.0. The summed E-state index contributed by atoms with van der Waals surface area (Å²) in [4.78, 5) is 0. The molecule has 0 spiro atoms. The van der Waals surface area contributed by atoms with Crippen LogP contribution < -0.4 is 77.4 Å². The summed E-state index contributed by atoms with van der Waals surface area (Å²) >= 11 is 0. The van der Waals surface area contributed by atoms with E-state index in [-0.39, 0.29) is 137 Å². The fraction of sp³-hybridized carbons (Fsp3) is 1.00. The molecule has 42 nitrogen and oxygen atoms in total. The second kappa shape index (κ2) is 40.2. The molecule has 42 heteroatoms. The van der Waals surface area contributed by atoms with Crippen molar-refractivity contribution in [1.29, 1.82) is 0 Å². The Morgan fingerprint density at radius 2 is 0.286 bits per heavy atom. The van der Waals surface area contributed by atoms with E-state index in [1.807, 2.05) is 0 Å². The molecule has 98 heavy (non-hydrogen) atoms. The summed E-state index contributed by atoms with van der Waals surface area (Å²) in [6, 6.07) is 0. The first-order chi connectivity index (χ1) is 47.2. The highest BCUT2D eigenvalue weighted by atomic mass is 16.8. The third kappa shape index (κ3) is 20.3. The summed E-state index contributed by atoms with van der Waals surface area (Å²) in [5.41, 5.74) is 40.8. The number of aliphatic hydroxyl groups excluding tert-OH is 14. The van der Waals surface area contributed by atoms with Gasteiger partial charge in [0.2, 0.25) is 0 Å². The Hall–Kier alpha value is -1.68. The summed E-state index contributed by atoms with van der Waals surface area (Å²) in [6.45, 7) is 0.738. The first-order valence-electron chi connectivity index (χ1n) is 33.7. The molecule has 0 aromatic rings. The lowest BCUT2D eigenvalue weighted by molar-refractivity contribution is -0.392. The van der Waals surface area contributed by atoms with Crippen LogP contribution in [-0.4, -0.2) is 424 Å². The molecule has 21 aliphatic heterocycles. The van der Waals surface area contributed by atoms with Gasteiger partial charge in [-0.05, 0) is 0 Å². The molecule has 574 valence electrons. The lowest BCUT2D eigenvalue weighted by Crippen LogP contribution is -2.69. The molecule has 0 aromatic carbocycles. The maximum absolute atomic E-state index is 12.1. The Bertz CT molecular complexity index is 1840. The van der Waals surface area contributed by atoms with Crippen LogP contribution in [0.3, 0.4) is 0 Å². The number of aliphatic hydroxyl groups is 14. The number of hydrogen-bond donors (Lipinski definition) is 28. The molecule has 21 aliphatic rings. The molecule has 0 amide bonds. The van der Waals surface area contributed by atoms with E-state index in [0.717, 1.165) is 0 Å². The second-order valence-electron chi connectivity index (χ2n) is 25.3. The van der Waals surface area contributed by atoms with Crippen molar-refractivity contribution < 1.29 is 138 Å². The van der Waals surface area contributed by atoms with E-state index in [1.165, 1.54) is 0 Å². The quantitative estimate of drug-likeness (QED) is 0.0324. The summed E-state index contributed by atoms with van der Waals surface area (Å²) < 4.78 is 88.1. The van der Waals surface area contributed by atoms with Crippen molar-refractivity contribution in [2.45, 2.75) is 215 Å². The van der Waals surface area contributed by atoms with Crippen LogP contribution >= 0.6 is 0 Å². The van der Waals surface area contributed by atoms with Gasteiger partial charge in [-0.1, -0.05) is 0 Å². The van der Waals surface area contributed by atoms with Crippen LogP contribution in [0.1, 0.15) is 0 Å². The highest BCUT2D eigenvalue weighted by molar-refractivity contribution is 5.03. The summed E-state index contributed by atoms with van der Waals surface area (Å²) in [5.74, 6) is 0. The van der Waals surface area contributed by atoms with Crippen LogP contribution in [0.15, 0.2) is 0 Å². The monoisotopic (exact) mass is 1430 g/mol. The molecule has 0 radical (unpaired) electrons. The van der Waals surface area contributed by atoms with Gasteiger partial charge in [0.25, 0.3) is 0 Å². The Labute approximate surface area is 566 Å². The number of nitrogens with two attached hydrogens (primary N) is 7. The number of rotatable bonds is 28. The van der Waals surface area contributed by atoms with Crippen LogP contribution in [0.2, 0.25) is 0 Å². The lowest BCUT2D eigenvalue weighted by atomic mass is 9.94. The Balaban J connectivity index is 1.17. The molecule has 35 unspecified atom stereocenters. The van der Waals surface area contributed by atoms with Gasteiger partial charge in [0.1, 0.15) is 171 Å². The Morgan fingerprint density at radius 1 is 0.173 bits per heavy atom. The van der Waals surface area contributed by atoms with Crippen molar-refractivity contribution in [2.24, 2.45) is 40.1 Å². The van der Waals surface area contributed by atoms with E-state index >= 15 is 0 Å². The molecule has 0 saturated carbocycles.